The van der Waals surface area contributed by atoms with E-state index in [2.05, 4.69) is 53.2 Å². The number of fused-ring (bicyclic) bond motifs is 2. The van der Waals surface area contributed by atoms with Crippen LogP contribution in [-0.4, -0.2) is 45.9 Å². The maximum atomic E-state index is 13.5. The highest BCUT2D eigenvalue weighted by molar-refractivity contribution is 6.07. The fraction of sp³-hybridized carbons (Fsp3) is 0.452. The summed E-state index contributed by atoms with van der Waals surface area (Å²) in [5, 5.41) is 18.1. The van der Waals surface area contributed by atoms with Crippen LogP contribution in [0.15, 0.2) is 42.6 Å². The number of carbonyl (C=O) groups excluding carboxylic acids is 1. The van der Waals surface area contributed by atoms with Gasteiger partial charge < -0.3 is 15.3 Å². The number of carbonyl (C=O) groups is 2. The standard InChI is InChI=1S/C31H34N4O3/c1-3-4-21-9-14-27(30(36)33-25-10-5-22(6-11-25)31(37)38)29-28(21)16-32-35(29)19(2)20-7-12-26(13-8-20)34-17-23-15-24(23)18-34/h7-9,12-14,16,19,22-25H,5-6,10-11,15,17-18H2,1-2H3,(H,33,36)(H,37,38). The van der Waals surface area contributed by atoms with Crippen LogP contribution in [0.5, 0.6) is 0 Å². The Labute approximate surface area is 223 Å². The number of hydrogen-bond donors (Lipinski definition) is 2. The third-order valence-corrected chi connectivity index (χ3v) is 8.76. The first-order chi connectivity index (χ1) is 18.4. The van der Waals surface area contributed by atoms with Crippen LogP contribution in [-0.2, 0) is 4.79 Å². The van der Waals surface area contributed by atoms with E-state index in [1.807, 2.05) is 23.0 Å². The van der Waals surface area contributed by atoms with Gasteiger partial charge in [-0.25, -0.2) is 0 Å². The van der Waals surface area contributed by atoms with E-state index in [-0.39, 0.29) is 23.9 Å². The summed E-state index contributed by atoms with van der Waals surface area (Å²) in [4.78, 5) is 27.3. The normalized spacial score (nSPS) is 24.8. The van der Waals surface area contributed by atoms with Gasteiger partial charge >= 0.3 is 5.97 Å². The molecule has 2 N–H and O–H groups in total. The van der Waals surface area contributed by atoms with E-state index in [1.165, 1.54) is 25.2 Å². The first-order valence-corrected chi connectivity index (χ1v) is 13.7. The number of amides is 1. The summed E-state index contributed by atoms with van der Waals surface area (Å²) in [6.07, 6.45) is 5.72. The van der Waals surface area contributed by atoms with Gasteiger partial charge in [0.2, 0.25) is 0 Å². The van der Waals surface area contributed by atoms with Gasteiger partial charge in [0, 0.05) is 35.8 Å². The number of aliphatic carboxylic acids is 1. The number of nitrogens with one attached hydrogen (secondary N) is 1. The number of benzene rings is 2. The van der Waals surface area contributed by atoms with Gasteiger partial charge in [-0.3, -0.25) is 14.3 Å². The Balaban J connectivity index is 1.28. The maximum absolute atomic E-state index is 13.5. The Morgan fingerprint density at radius 2 is 1.76 bits per heavy atom. The third-order valence-electron chi connectivity index (χ3n) is 8.76. The highest BCUT2D eigenvalue weighted by Crippen LogP contribution is 2.46. The van der Waals surface area contributed by atoms with Gasteiger partial charge in [0.15, 0.2) is 0 Å². The summed E-state index contributed by atoms with van der Waals surface area (Å²) in [5.74, 6) is 6.70. The predicted octanol–water partition coefficient (Wildman–Crippen LogP) is 4.85. The van der Waals surface area contributed by atoms with Crippen molar-refractivity contribution in [1.29, 1.82) is 0 Å². The van der Waals surface area contributed by atoms with Crippen LogP contribution in [0.4, 0.5) is 5.69 Å². The minimum Gasteiger partial charge on any atom is -0.481 e. The zero-order valence-electron chi connectivity index (χ0n) is 22.0. The molecule has 2 aliphatic carbocycles. The first-order valence-electron chi connectivity index (χ1n) is 13.7. The fourth-order valence-corrected chi connectivity index (χ4v) is 6.35. The number of anilines is 1. The fourth-order valence-electron chi connectivity index (χ4n) is 6.35. The average Bonchev–Trinajstić information content (AvgIpc) is 3.31. The molecule has 196 valence electrons. The monoisotopic (exact) mass is 510 g/mol. The molecule has 1 aromatic heterocycles. The maximum Gasteiger partial charge on any atom is 0.306 e. The number of rotatable bonds is 6. The Morgan fingerprint density at radius 1 is 1.05 bits per heavy atom. The van der Waals surface area contributed by atoms with Crippen LogP contribution >= 0.6 is 0 Å². The summed E-state index contributed by atoms with van der Waals surface area (Å²) < 4.78 is 1.94. The molecule has 1 aliphatic heterocycles. The summed E-state index contributed by atoms with van der Waals surface area (Å²) in [7, 11) is 0. The molecule has 3 aliphatic rings. The van der Waals surface area contributed by atoms with Crippen molar-refractivity contribution in [1.82, 2.24) is 15.1 Å². The lowest BCUT2D eigenvalue weighted by molar-refractivity contribution is -0.142. The van der Waals surface area contributed by atoms with Crippen LogP contribution in [0.3, 0.4) is 0 Å². The minimum absolute atomic E-state index is 0.0266. The smallest absolute Gasteiger partial charge is 0.306 e. The van der Waals surface area contributed by atoms with Crippen LogP contribution in [0.2, 0.25) is 0 Å². The molecule has 0 bridgehead atoms. The molecule has 3 unspecified atom stereocenters. The molecule has 7 nitrogen and oxygen atoms in total. The molecule has 0 radical (unpaired) electrons. The van der Waals surface area contributed by atoms with E-state index in [0.29, 0.717) is 31.2 Å². The van der Waals surface area contributed by atoms with E-state index in [4.69, 9.17) is 5.10 Å². The molecule has 38 heavy (non-hydrogen) atoms. The number of carboxylic acids is 1. The number of carboxylic acid groups (broad SMARTS) is 1. The number of hydrogen-bond acceptors (Lipinski definition) is 4. The molecule has 3 aromatic rings. The molecule has 3 atom stereocenters. The van der Waals surface area contributed by atoms with Gasteiger partial charge in [0.1, 0.15) is 0 Å². The molecule has 0 spiro atoms. The predicted molar refractivity (Wildman–Crippen MR) is 147 cm³/mol. The second-order valence-electron chi connectivity index (χ2n) is 11.2. The molecule has 6 rings (SSSR count). The van der Waals surface area contributed by atoms with Crippen molar-refractivity contribution in [2.75, 3.05) is 18.0 Å². The zero-order chi connectivity index (χ0) is 26.4. The number of aromatic nitrogens is 2. The van der Waals surface area contributed by atoms with Crippen molar-refractivity contribution in [2.24, 2.45) is 17.8 Å². The van der Waals surface area contributed by atoms with E-state index in [1.54, 1.807) is 6.92 Å². The largest absolute Gasteiger partial charge is 0.481 e. The van der Waals surface area contributed by atoms with Crippen LogP contribution < -0.4 is 10.2 Å². The first kappa shape index (κ1) is 24.5. The highest BCUT2D eigenvalue weighted by atomic mass is 16.4. The average molecular weight is 511 g/mol. The van der Waals surface area contributed by atoms with E-state index >= 15 is 0 Å². The molecule has 1 amide bonds. The highest BCUT2D eigenvalue weighted by Gasteiger charge is 2.45. The van der Waals surface area contributed by atoms with E-state index in [9.17, 15) is 14.7 Å². The second kappa shape index (κ2) is 9.83. The van der Waals surface area contributed by atoms with Crippen molar-refractivity contribution < 1.29 is 14.7 Å². The Morgan fingerprint density at radius 3 is 2.42 bits per heavy atom. The number of nitrogens with zero attached hydrogens (tertiary/aromatic N) is 3. The van der Waals surface area contributed by atoms with Gasteiger partial charge in [0.25, 0.3) is 5.91 Å². The van der Waals surface area contributed by atoms with Gasteiger partial charge in [-0.05, 0) is 87.6 Å². The molecule has 2 saturated carbocycles. The Hall–Kier alpha value is -3.79. The van der Waals surface area contributed by atoms with Crippen molar-refractivity contribution in [2.45, 2.75) is 58.0 Å². The molecular formula is C31H34N4O3. The van der Waals surface area contributed by atoms with Crippen LogP contribution in [0.25, 0.3) is 10.9 Å². The summed E-state index contributed by atoms with van der Waals surface area (Å²) in [5.41, 5.74) is 4.60. The van der Waals surface area contributed by atoms with Gasteiger partial charge in [-0.1, -0.05) is 18.1 Å². The zero-order valence-corrected chi connectivity index (χ0v) is 22.0. The lowest BCUT2D eigenvalue weighted by Gasteiger charge is -2.27. The van der Waals surface area contributed by atoms with Crippen LogP contribution in [0, 0.1) is 29.6 Å². The molecule has 2 aromatic carbocycles. The third kappa shape index (κ3) is 4.53. The molecule has 1 saturated heterocycles. The summed E-state index contributed by atoms with van der Waals surface area (Å²) >= 11 is 0. The molecule has 3 fully saturated rings. The van der Waals surface area contributed by atoms with Gasteiger partial charge in [-0.15, -0.1) is 5.92 Å². The van der Waals surface area contributed by atoms with Crippen LogP contribution in [0.1, 0.15) is 73.5 Å². The summed E-state index contributed by atoms with van der Waals surface area (Å²) in [6.45, 7) is 6.25. The Kier molecular flexibility index (Phi) is 6.35. The summed E-state index contributed by atoms with van der Waals surface area (Å²) in [6, 6.07) is 12.4. The van der Waals surface area contributed by atoms with E-state index < -0.39 is 5.97 Å². The van der Waals surface area contributed by atoms with Crippen molar-refractivity contribution in [3.8, 4) is 11.8 Å². The van der Waals surface area contributed by atoms with Gasteiger partial charge in [0.05, 0.1) is 29.2 Å². The van der Waals surface area contributed by atoms with Crippen molar-refractivity contribution in [3.63, 3.8) is 0 Å². The Bertz CT molecular complexity index is 1430. The molecule has 2 heterocycles. The lowest BCUT2D eigenvalue weighted by atomic mass is 9.86. The molecular weight excluding hydrogens is 476 g/mol. The quantitative estimate of drug-likeness (QED) is 0.463. The van der Waals surface area contributed by atoms with Crippen molar-refractivity contribution >= 4 is 28.5 Å². The van der Waals surface area contributed by atoms with Crippen molar-refractivity contribution in [3.05, 3.63) is 59.3 Å². The SMILES string of the molecule is CC#Cc1ccc(C(=O)NC2CCC(C(=O)O)CC2)c2c1cnn2C(C)c1ccc(N2CC3CC3C2)cc1. The van der Waals surface area contributed by atoms with Gasteiger partial charge in [-0.2, -0.15) is 5.10 Å². The number of piperidine rings is 1. The lowest BCUT2D eigenvalue weighted by Crippen LogP contribution is -2.39. The topological polar surface area (TPSA) is 87.5 Å². The molecule has 7 heteroatoms. The second-order valence-corrected chi connectivity index (χ2v) is 11.2. The minimum atomic E-state index is -0.743. The van der Waals surface area contributed by atoms with E-state index in [0.717, 1.165) is 33.9 Å².